The first kappa shape index (κ1) is 13.3. The van der Waals surface area contributed by atoms with Crippen molar-refractivity contribution in [2.75, 3.05) is 20.3 Å². The second-order valence-corrected chi connectivity index (χ2v) is 4.96. The minimum atomic E-state index is -0.778. The Kier molecular flexibility index (Phi) is 3.61. The van der Waals surface area contributed by atoms with Crippen LogP contribution in [0.25, 0.3) is 0 Å². The fourth-order valence-electron chi connectivity index (χ4n) is 2.09. The van der Waals surface area contributed by atoms with Gasteiger partial charge in [-0.3, -0.25) is 0 Å². The average molecular weight is 251 g/mol. The quantitative estimate of drug-likeness (QED) is 0.871. The van der Waals surface area contributed by atoms with Crippen molar-refractivity contribution < 1.29 is 14.2 Å². The molecule has 1 saturated heterocycles. The fraction of sp³-hybridized carbons (Fsp3) is 0.571. The highest BCUT2D eigenvalue weighted by Crippen LogP contribution is 2.37. The van der Waals surface area contributed by atoms with Crippen molar-refractivity contribution in [3.8, 4) is 5.75 Å². The van der Waals surface area contributed by atoms with Crippen molar-refractivity contribution in [3.63, 3.8) is 0 Å². The molecule has 0 unspecified atom stereocenters. The van der Waals surface area contributed by atoms with Gasteiger partial charge < -0.3 is 19.9 Å². The number of aryl methyl sites for hydroxylation is 2. The van der Waals surface area contributed by atoms with Crippen molar-refractivity contribution >= 4 is 0 Å². The highest BCUT2D eigenvalue weighted by molar-refractivity contribution is 5.44. The smallest absolute Gasteiger partial charge is 0.195 e. The third-order valence-corrected chi connectivity index (χ3v) is 3.45. The van der Waals surface area contributed by atoms with Gasteiger partial charge in [0.05, 0.1) is 31.9 Å². The summed E-state index contributed by atoms with van der Waals surface area (Å²) in [6, 6.07) is 4.01. The van der Waals surface area contributed by atoms with Gasteiger partial charge in [-0.1, -0.05) is 0 Å². The van der Waals surface area contributed by atoms with Crippen LogP contribution in [0.2, 0.25) is 0 Å². The summed E-state index contributed by atoms with van der Waals surface area (Å²) in [7, 11) is 1.66. The van der Waals surface area contributed by atoms with E-state index in [-0.39, 0.29) is 6.04 Å². The molecule has 1 aromatic carbocycles. The predicted molar refractivity (Wildman–Crippen MR) is 69.7 cm³/mol. The van der Waals surface area contributed by atoms with Gasteiger partial charge in [0, 0.05) is 0 Å². The van der Waals surface area contributed by atoms with E-state index in [1.54, 1.807) is 7.11 Å². The monoisotopic (exact) mass is 251 g/mol. The zero-order valence-electron chi connectivity index (χ0n) is 11.4. The van der Waals surface area contributed by atoms with E-state index in [0.717, 1.165) is 11.3 Å². The summed E-state index contributed by atoms with van der Waals surface area (Å²) in [6.45, 7) is 7.02. The van der Waals surface area contributed by atoms with Crippen LogP contribution in [0.3, 0.4) is 0 Å². The molecule has 2 N–H and O–H groups in total. The van der Waals surface area contributed by atoms with Gasteiger partial charge in [-0.25, -0.2) is 0 Å². The Hall–Kier alpha value is -1.10. The molecule has 0 aromatic heterocycles. The Morgan fingerprint density at radius 1 is 1.22 bits per heavy atom. The van der Waals surface area contributed by atoms with Crippen LogP contribution in [0.1, 0.15) is 23.6 Å². The second-order valence-electron chi connectivity index (χ2n) is 4.96. The van der Waals surface area contributed by atoms with Crippen LogP contribution in [-0.4, -0.2) is 26.4 Å². The lowest BCUT2D eigenvalue weighted by atomic mass is 9.99. The molecule has 4 nitrogen and oxygen atoms in total. The molecule has 1 aliphatic rings. The highest BCUT2D eigenvalue weighted by Gasteiger charge is 2.36. The van der Waals surface area contributed by atoms with Gasteiger partial charge in [-0.15, -0.1) is 0 Å². The third-order valence-electron chi connectivity index (χ3n) is 3.45. The molecule has 0 spiro atoms. The molecule has 0 atom stereocenters. The summed E-state index contributed by atoms with van der Waals surface area (Å²) < 4.78 is 17.0. The molecule has 100 valence electrons. The van der Waals surface area contributed by atoms with E-state index in [1.807, 2.05) is 13.0 Å². The van der Waals surface area contributed by atoms with Crippen molar-refractivity contribution in [1.82, 2.24) is 0 Å². The van der Waals surface area contributed by atoms with Crippen molar-refractivity contribution in [1.29, 1.82) is 0 Å². The molecule has 1 aromatic rings. The van der Waals surface area contributed by atoms with Crippen LogP contribution in [-0.2, 0) is 15.3 Å². The Bertz CT molecular complexity index is 437. The topological polar surface area (TPSA) is 53.7 Å². The summed E-state index contributed by atoms with van der Waals surface area (Å²) >= 11 is 0. The van der Waals surface area contributed by atoms with Gasteiger partial charge in [0.15, 0.2) is 5.79 Å². The first-order valence-corrected chi connectivity index (χ1v) is 6.15. The van der Waals surface area contributed by atoms with Crippen molar-refractivity contribution in [2.45, 2.75) is 32.6 Å². The first-order valence-electron chi connectivity index (χ1n) is 6.15. The number of ether oxygens (including phenoxy) is 3. The Morgan fingerprint density at radius 3 is 2.33 bits per heavy atom. The predicted octanol–water partition coefficient (Wildman–Crippen LogP) is 1.86. The SMILES string of the molecule is COc1cc(C)c(C)cc1C1(C)OCC(N)CO1. The lowest BCUT2D eigenvalue weighted by molar-refractivity contribution is -0.270. The van der Waals surface area contributed by atoms with Gasteiger partial charge in [-0.2, -0.15) is 0 Å². The van der Waals surface area contributed by atoms with E-state index in [0.29, 0.717) is 13.2 Å². The van der Waals surface area contributed by atoms with Crippen LogP contribution < -0.4 is 10.5 Å². The summed E-state index contributed by atoms with van der Waals surface area (Å²) in [5.41, 5.74) is 9.07. The van der Waals surface area contributed by atoms with Crippen LogP contribution in [0.4, 0.5) is 0 Å². The Morgan fingerprint density at radius 2 is 1.78 bits per heavy atom. The molecular weight excluding hydrogens is 230 g/mol. The van der Waals surface area contributed by atoms with Crippen LogP contribution in [0, 0.1) is 13.8 Å². The van der Waals surface area contributed by atoms with E-state index < -0.39 is 5.79 Å². The maximum Gasteiger partial charge on any atom is 0.195 e. The van der Waals surface area contributed by atoms with Crippen molar-refractivity contribution in [2.24, 2.45) is 5.73 Å². The van der Waals surface area contributed by atoms with Gasteiger partial charge in [0.2, 0.25) is 0 Å². The average Bonchev–Trinajstić information content (AvgIpc) is 2.36. The zero-order chi connectivity index (χ0) is 13.3. The van der Waals surface area contributed by atoms with Crippen LogP contribution in [0.15, 0.2) is 12.1 Å². The van der Waals surface area contributed by atoms with E-state index >= 15 is 0 Å². The molecule has 0 amide bonds. The highest BCUT2D eigenvalue weighted by atomic mass is 16.7. The molecular formula is C14H21NO3. The molecule has 2 rings (SSSR count). The number of benzene rings is 1. The van der Waals surface area contributed by atoms with Crippen molar-refractivity contribution in [3.05, 3.63) is 28.8 Å². The number of hydrogen-bond acceptors (Lipinski definition) is 4. The standard InChI is InChI=1S/C14H21NO3/c1-9-5-12(13(16-4)6-10(9)2)14(3)17-7-11(15)8-18-14/h5-6,11H,7-8,15H2,1-4H3. The van der Waals surface area contributed by atoms with Crippen LogP contribution >= 0.6 is 0 Å². The number of hydrogen-bond donors (Lipinski definition) is 1. The van der Waals surface area contributed by atoms with Gasteiger partial charge >= 0.3 is 0 Å². The molecule has 0 aliphatic carbocycles. The summed E-state index contributed by atoms with van der Waals surface area (Å²) in [5, 5.41) is 0. The van der Waals surface area contributed by atoms with Crippen LogP contribution in [0.5, 0.6) is 5.75 Å². The molecule has 1 heterocycles. The summed E-state index contributed by atoms with van der Waals surface area (Å²) in [6.07, 6.45) is 0. The number of rotatable bonds is 2. The maximum absolute atomic E-state index is 5.78. The summed E-state index contributed by atoms with van der Waals surface area (Å²) in [5.74, 6) is 0.00993. The molecule has 0 bridgehead atoms. The van der Waals surface area contributed by atoms with E-state index in [9.17, 15) is 0 Å². The largest absolute Gasteiger partial charge is 0.496 e. The van der Waals surface area contributed by atoms with Gasteiger partial charge in [0.1, 0.15) is 5.75 Å². The van der Waals surface area contributed by atoms with E-state index in [2.05, 4.69) is 19.9 Å². The molecule has 1 aliphatic heterocycles. The van der Waals surface area contributed by atoms with Gasteiger partial charge in [0.25, 0.3) is 0 Å². The maximum atomic E-state index is 5.78. The minimum Gasteiger partial charge on any atom is -0.496 e. The normalized spacial score (nSPS) is 28.2. The Labute approximate surface area is 108 Å². The van der Waals surface area contributed by atoms with E-state index in [4.69, 9.17) is 19.9 Å². The Balaban J connectivity index is 2.40. The molecule has 4 heteroatoms. The molecule has 0 saturated carbocycles. The fourth-order valence-corrected chi connectivity index (χ4v) is 2.09. The molecule has 18 heavy (non-hydrogen) atoms. The van der Waals surface area contributed by atoms with Gasteiger partial charge in [-0.05, 0) is 44.0 Å². The number of nitrogens with two attached hydrogens (primary N) is 1. The number of methoxy groups -OCH3 is 1. The molecule has 0 radical (unpaired) electrons. The molecule has 1 fully saturated rings. The third kappa shape index (κ3) is 2.36. The lowest BCUT2D eigenvalue weighted by Crippen LogP contribution is -2.46. The second kappa shape index (κ2) is 4.88. The lowest BCUT2D eigenvalue weighted by Gasteiger charge is -2.37. The minimum absolute atomic E-state index is 0.0596. The first-order chi connectivity index (χ1) is 8.46. The summed E-state index contributed by atoms with van der Waals surface area (Å²) in [4.78, 5) is 0. The zero-order valence-corrected chi connectivity index (χ0v) is 11.4. The van der Waals surface area contributed by atoms with E-state index in [1.165, 1.54) is 11.1 Å².